The number of carbonyl (C=O) groups is 1. The molecule has 16 heavy (non-hydrogen) atoms. The molecule has 1 aromatic rings. The van der Waals surface area contributed by atoms with Crippen LogP contribution in [0.3, 0.4) is 0 Å². The van der Waals surface area contributed by atoms with Gasteiger partial charge in [0.15, 0.2) is 5.78 Å². The van der Waals surface area contributed by atoms with E-state index >= 15 is 0 Å². The molecule has 0 spiro atoms. The Morgan fingerprint density at radius 2 is 1.81 bits per heavy atom. The third-order valence-corrected chi connectivity index (χ3v) is 3.61. The van der Waals surface area contributed by atoms with Gasteiger partial charge < -0.3 is 5.73 Å². The molecule has 0 aliphatic heterocycles. The second kappa shape index (κ2) is 4.98. The van der Waals surface area contributed by atoms with Crippen LogP contribution < -0.4 is 5.73 Å². The van der Waals surface area contributed by atoms with Gasteiger partial charge in [0, 0.05) is 17.5 Å². The maximum absolute atomic E-state index is 12.2. The number of ketones is 1. The lowest BCUT2D eigenvalue weighted by molar-refractivity contribution is 0.0885. The van der Waals surface area contributed by atoms with Crippen molar-refractivity contribution in [2.45, 2.75) is 31.7 Å². The zero-order chi connectivity index (χ0) is 11.5. The normalized spacial score (nSPS) is 25.4. The zero-order valence-electron chi connectivity index (χ0n) is 9.16. The minimum atomic E-state index is 0.111. The molecule has 0 radical (unpaired) electrons. The van der Waals surface area contributed by atoms with Gasteiger partial charge in [-0.05, 0) is 37.8 Å². The van der Waals surface area contributed by atoms with Crippen molar-refractivity contribution in [1.29, 1.82) is 0 Å². The smallest absolute Gasteiger partial charge is 0.167 e. The quantitative estimate of drug-likeness (QED) is 0.804. The van der Waals surface area contributed by atoms with Crippen molar-refractivity contribution in [2.24, 2.45) is 11.7 Å². The second-order valence-corrected chi connectivity index (χ2v) is 4.86. The fourth-order valence-electron chi connectivity index (χ4n) is 2.26. The highest BCUT2D eigenvalue weighted by atomic mass is 35.5. The highest BCUT2D eigenvalue weighted by molar-refractivity contribution is 6.34. The van der Waals surface area contributed by atoms with E-state index < -0.39 is 0 Å². The molecule has 0 aromatic heterocycles. The van der Waals surface area contributed by atoms with Crippen molar-refractivity contribution < 1.29 is 4.79 Å². The molecule has 2 nitrogen and oxygen atoms in total. The van der Waals surface area contributed by atoms with Crippen LogP contribution in [0.1, 0.15) is 36.0 Å². The molecular formula is C13H16ClNO. The minimum Gasteiger partial charge on any atom is -0.328 e. The second-order valence-electron chi connectivity index (χ2n) is 4.46. The lowest BCUT2D eigenvalue weighted by Crippen LogP contribution is -2.29. The number of nitrogens with two attached hydrogens (primary N) is 1. The molecule has 1 fully saturated rings. The first kappa shape index (κ1) is 11.6. The number of rotatable bonds is 2. The van der Waals surface area contributed by atoms with E-state index in [0.29, 0.717) is 10.6 Å². The fraction of sp³-hybridized carbons (Fsp3) is 0.462. The molecule has 0 bridgehead atoms. The van der Waals surface area contributed by atoms with Gasteiger partial charge in [-0.2, -0.15) is 0 Å². The Hall–Kier alpha value is -0.860. The lowest BCUT2D eigenvalue weighted by atomic mass is 9.82. The average Bonchev–Trinajstić information content (AvgIpc) is 2.30. The number of carbonyl (C=O) groups excluding carboxylic acids is 1. The first-order chi connectivity index (χ1) is 7.68. The van der Waals surface area contributed by atoms with Crippen molar-refractivity contribution in [3.05, 3.63) is 34.9 Å². The molecule has 3 heteroatoms. The highest BCUT2D eigenvalue weighted by Crippen LogP contribution is 2.28. The molecule has 1 aliphatic rings. The van der Waals surface area contributed by atoms with E-state index in [1.807, 2.05) is 12.1 Å². The summed E-state index contributed by atoms with van der Waals surface area (Å²) in [6.45, 7) is 0. The number of hydrogen-bond acceptors (Lipinski definition) is 2. The Morgan fingerprint density at radius 3 is 2.44 bits per heavy atom. The summed E-state index contributed by atoms with van der Waals surface area (Å²) in [5.74, 6) is 0.289. The third kappa shape index (κ3) is 2.45. The van der Waals surface area contributed by atoms with E-state index in [2.05, 4.69) is 0 Å². The van der Waals surface area contributed by atoms with Gasteiger partial charge in [0.1, 0.15) is 0 Å². The van der Waals surface area contributed by atoms with E-state index in [4.69, 9.17) is 17.3 Å². The first-order valence-electron chi connectivity index (χ1n) is 5.73. The molecule has 2 N–H and O–H groups in total. The molecule has 86 valence electrons. The minimum absolute atomic E-state index is 0.111. The zero-order valence-corrected chi connectivity index (χ0v) is 9.91. The van der Waals surface area contributed by atoms with Crippen LogP contribution in [0.4, 0.5) is 0 Å². The first-order valence-corrected chi connectivity index (χ1v) is 6.10. The monoisotopic (exact) mass is 237 g/mol. The number of hydrogen-bond donors (Lipinski definition) is 1. The molecular weight excluding hydrogens is 222 g/mol. The highest BCUT2D eigenvalue weighted by Gasteiger charge is 2.26. The summed E-state index contributed by atoms with van der Waals surface area (Å²) in [4.78, 5) is 12.2. The summed E-state index contributed by atoms with van der Waals surface area (Å²) in [5.41, 5.74) is 6.49. The van der Waals surface area contributed by atoms with Crippen LogP contribution in [0.25, 0.3) is 0 Å². The van der Waals surface area contributed by atoms with Crippen molar-refractivity contribution in [2.75, 3.05) is 0 Å². The SMILES string of the molecule is NC1CCC(C(=O)c2ccccc2Cl)CC1. The molecule has 0 saturated heterocycles. The lowest BCUT2D eigenvalue weighted by Gasteiger charge is -2.25. The predicted molar refractivity (Wildman–Crippen MR) is 65.7 cm³/mol. The van der Waals surface area contributed by atoms with Crippen molar-refractivity contribution >= 4 is 17.4 Å². The van der Waals surface area contributed by atoms with Gasteiger partial charge in [-0.1, -0.05) is 23.7 Å². The van der Waals surface area contributed by atoms with E-state index in [1.54, 1.807) is 12.1 Å². The van der Waals surface area contributed by atoms with E-state index in [1.165, 1.54) is 0 Å². The molecule has 0 atom stereocenters. The Bertz CT molecular complexity index is 383. The van der Waals surface area contributed by atoms with Gasteiger partial charge in [-0.25, -0.2) is 0 Å². The standard InChI is InChI=1S/C13H16ClNO/c14-12-4-2-1-3-11(12)13(16)9-5-7-10(15)8-6-9/h1-4,9-10H,5-8,15H2. The topological polar surface area (TPSA) is 43.1 Å². The van der Waals surface area contributed by atoms with Crippen LogP contribution >= 0.6 is 11.6 Å². The van der Waals surface area contributed by atoms with Crippen LogP contribution in [0.5, 0.6) is 0 Å². The van der Waals surface area contributed by atoms with Gasteiger partial charge in [0.05, 0.1) is 5.02 Å². The predicted octanol–water partition coefficient (Wildman–Crippen LogP) is 3.04. The summed E-state index contributed by atoms with van der Waals surface area (Å²) in [7, 11) is 0. The van der Waals surface area contributed by atoms with E-state index in [-0.39, 0.29) is 17.7 Å². The van der Waals surface area contributed by atoms with Gasteiger partial charge in [0.25, 0.3) is 0 Å². The molecule has 0 unspecified atom stereocenters. The average molecular weight is 238 g/mol. The van der Waals surface area contributed by atoms with Crippen molar-refractivity contribution in [3.8, 4) is 0 Å². The van der Waals surface area contributed by atoms with E-state index in [9.17, 15) is 4.79 Å². The van der Waals surface area contributed by atoms with Gasteiger partial charge >= 0.3 is 0 Å². The summed E-state index contributed by atoms with van der Waals surface area (Å²) in [6.07, 6.45) is 3.68. The van der Waals surface area contributed by atoms with Crippen molar-refractivity contribution in [1.82, 2.24) is 0 Å². The van der Waals surface area contributed by atoms with Crippen LogP contribution in [-0.2, 0) is 0 Å². The fourth-order valence-corrected chi connectivity index (χ4v) is 2.49. The molecule has 1 aliphatic carbocycles. The molecule has 0 amide bonds. The third-order valence-electron chi connectivity index (χ3n) is 3.28. The Balaban J connectivity index is 2.11. The van der Waals surface area contributed by atoms with Crippen LogP contribution in [0.2, 0.25) is 5.02 Å². The Morgan fingerprint density at radius 1 is 1.19 bits per heavy atom. The summed E-state index contributed by atoms with van der Waals surface area (Å²) < 4.78 is 0. The summed E-state index contributed by atoms with van der Waals surface area (Å²) in [5, 5.41) is 0.558. The maximum atomic E-state index is 12.2. The van der Waals surface area contributed by atoms with Gasteiger partial charge in [0.2, 0.25) is 0 Å². The van der Waals surface area contributed by atoms with Crippen LogP contribution in [0.15, 0.2) is 24.3 Å². The number of benzene rings is 1. The molecule has 1 saturated carbocycles. The summed E-state index contributed by atoms with van der Waals surface area (Å²) >= 11 is 6.02. The van der Waals surface area contributed by atoms with Crippen molar-refractivity contribution in [3.63, 3.8) is 0 Å². The van der Waals surface area contributed by atoms with E-state index in [0.717, 1.165) is 25.7 Å². The maximum Gasteiger partial charge on any atom is 0.167 e. The number of Topliss-reactive ketones (excluding diaryl/α,β-unsaturated/α-hetero) is 1. The largest absolute Gasteiger partial charge is 0.328 e. The summed E-state index contributed by atoms with van der Waals surface area (Å²) in [6, 6.07) is 7.54. The Kier molecular flexibility index (Phi) is 3.62. The van der Waals surface area contributed by atoms with Crippen LogP contribution in [-0.4, -0.2) is 11.8 Å². The Labute approximate surface area is 101 Å². The molecule has 0 heterocycles. The van der Waals surface area contributed by atoms with Gasteiger partial charge in [-0.3, -0.25) is 4.79 Å². The van der Waals surface area contributed by atoms with Gasteiger partial charge in [-0.15, -0.1) is 0 Å². The molecule has 2 rings (SSSR count). The van der Waals surface area contributed by atoms with Crippen LogP contribution in [0, 0.1) is 5.92 Å². The number of halogens is 1. The molecule has 1 aromatic carbocycles.